The Morgan fingerprint density at radius 2 is 1.84 bits per heavy atom. The van der Waals surface area contributed by atoms with E-state index in [-0.39, 0.29) is 24.1 Å². The van der Waals surface area contributed by atoms with Gasteiger partial charge >= 0.3 is 0 Å². The van der Waals surface area contributed by atoms with Crippen LogP contribution in [-0.4, -0.2) is 20.6 Å². The molecule has 0 fully saturated rings. The zero-order chi connectivity index (χ0) is 22.7. The fourth-order valence-corrected chi connectivity index (χ4v) is 3.46. The molecule has 0 saturated heterocycles. The van der Waals surface area contributed by atoms with Gasteiger partial charge in [-0.05, 0) is 50.2 Å². The average molecular weight is 430 g/mol. The van der Waals surface area contributed by atoms with Crippen LogP contribution in [0.4, 0.5) is 5.69 Å². The van der Waals surface area contributed by atoms with Crippen LogP contribution in [0, 0.1) is 17.0 Å². The number of nitrogens with one attached hydrogen (secondary N) is 1. The van der Waals surface area contributed by atoms with E-state index in [9.17, 15) is 14.9 Å². The third-order valence-corrected chi connectivity index (χ3v) is 5.08. The Kier molecular flexibility index (Phi) is 5.85. The van der Waals surface area contributed by atoms with Gasteiger partial charge in [0.25, 0.3) is 5.69 Å². The van der Waals surface area contributed by atoms with Crippen molar-refractivity contribution in [1.29, 1.82) is 0 Å². The molecule has 1 atom stereocenters. The lowest BCUT2D eigenvalue weighted by molar-refractivity contribution is -0.384. The predicted molar refractivity (Wildman–Crippen MR) is 119 cm³/mol. The van der Waals surface area contributed by atoms with Crippen molar-refractivity contribution in [1.82, 2.24) is 15.1 Å². The summed E-state index contributed by atoms with van der Waals surface area (Å²) in [6.45, 7) is 3.72. The van der Waals surface area contributed by atoms with E-state index in [1.165, 1.54) is 12.1 Å². The number of nitrogens with zero attached hydrogens (tertiary/aromatic N) is 3. The van der Waals surface area contributed by atoms with Crippen LogP contribution in [0.2, 0.25) is 0 Å². The highest BCUT2D eigenvalue weighted by Crippen LogP contribution is 2.26. The van der Waals surface area contributed by atoms with Gasteiger partial charge in [-0.15, -0.1) is 0 Å². The van der Waals surface area contributed by atoms with Gasteiger partial charge in [0.15, 0.2) is 0 Å². The molecule has 1 N–H and O–H groups in total. The highest BCUT2D eigenvalue weighted by molar-refractivity contribution is 5.81. The summed E-state index contributed by atoms with van der Waals surface area (Å²) in [6.07, 6.45) is 1.91. The summed E-state index contributed by atoms with van der Waals surface area (Å²) < 4.78 is 7.30. The molecule has 0 saturated carbocycles. The van der Waals surface area contributed by atoms with Gasteiger partial charge in [-0.3, -0.25) is 14.9 Å². The number of carbonyl (C=O) groups is 1. The number of aromatic nitrogens is 2. The van der Waals surface area contributed by atoms with E-state index in [0.29, 0.717) is 22.6 Å². The molecule has 1 unspecified atom stereocenters. The van der Waals surface area contributed by atoms with Gasteiger partial charge in [0.2, 0.25) is 5.91 Å². The molecular formula is C24H22N4O4. The van der Waals surface area contributed by atoms with E-state index in [2.05, 4.69) is 10.4 Å². The summed E-state index contributed by atoms with van der Waals surface area (Å²) in [7, 11) is 0. The number of carbonyl (C=O) groups excluding carboxylic acids is 1. The van der Waals surface area contributed by atoms with Crippen molar-refractivity contribution >= 4 is 11.6 Å². The molecule has 4 aromatic rings. The fourth-order valence-electron chi connectivity index (χ4n) is 3.46. The third-order valence-electron chi connectivity index (χ3n) is 5.08. The minimum atomic E-state index is -0.446. The standard InChI is InChI=1S/C24H22N4O4/c1-16-8-13-22(32-16)17(2)25-23(29)14-19-15-27(20-6-4-3-5-7-20)26-24(19)18-9-11-21(12-10-18)28(30)31/h3-13,15,17H,14H2,1-2H3,(H,25,29). The number of rotatable bonds is 7. The van der Waals surface area contributed by atoms with Crippen molar-refractivity contribution in [3.05, 3.63) is 100 Å². The van der Waals surface area contributed by atoms with Crippen LogP contribution in [0.15, 0.2) is 77.3 Å². The second kappa shape index (κ2) is 8.89. The number of nitro benzene ring substituents is 1. The maximum absolute atomic E-state index is 12.8. The van der Waals surface area contributed by atoms with Crippen molar-refractivity contribution in [3.8, 4) is 16.9 Å². The summed E-state index contributed by atoms with van der Waals surface area (Å²) in [5, 5.41) is 18.6. The molecule has 0 radical (unpaired) electrons. The van der Waals surface area contributed by atoms with E-state index in [1.807, 2.05) is 62.5 Å². The third kappa shape index (κ3) is 4.59. The maximum Gasteiger partial charge on any atom is 0.269 e. The normalized spacial score (nSPS) is 11.8. The quantitative estimate of drug-likeness (QED) is 0.336. The van der Waals surface area contributed by atoms with E-state index in [1.54, 1.807) is 16.8 Å². The molecule has 4 rings (SSSR count). The number of benzene rings is 2. The first-order valence-corrected chi connectivity index (χ1v) is 10.1. The Balaban J connectivity index is 1.62. The molecule has 0 bridgehead atoms. The van der Waals surface area contributed by atoms with E-state index >= 15 is 0 Å². The topological polar surface area (TPSA) is 103 Å². The second-order valence-corrected chi connectivity index (χ2v) is 7.50. The predicted octanol–water partition coefficient (Wildman–Crippen LogP) is 4.77. The number of aryl methyl sites for hydroxylation is 1. The zero-order valence-corrected chi connectivity index (χ0v) is 17.7. The smallest absolute Gasteiger partial charge is 0.269 e. The Labute approximate surface area is 184 Å². The summed E-state index contributed by atoms with van der Waals surface area (Å²) in [4.78, 5) is 23.3. The van der Waals surface area contributed by atoms with Crippen LogP contribution in [-0.2, 0) is 11.2 Å². The number of hydrogen-bond donors (Lipinski definition) is 1. The zero-order valence-electron chi connectivity index (χ0n) is 17.7. The van der Waals surface area contributed by atoms with Crippen molar-refractivity contribution in [2.75, 3.05) is 0 Å². The van der Waals surface area contributed by atoms with Crippen molar-refractivity contribution in [2.24, 2.45) is 0 Å². The molecule has 1 amide bonds. The Bertz CT molecular complexity index is 1240. The van der Waals surface area contributed by atoms with Crippen LogP contribution in [0.3, 0.4) is 0 Å². The van der Waals surface area contributed by atoms with Gasteiger partial charge in [0, 0.05) is 29.5 Å². The van der Waals surface area contributed by atoms with Crippen molar-refractivity contribution < 1.29 is 14.1 Å². The minimum Gasteiger partial charge on any atom is -0.464 e. The number of nitro groups is 1. The largest absolute Gasteiger partial charge is 0.464 e. The van der Waals surface area contributed by atoms with E-state index in [4.69, 9.17) is 4.42 Å². The van der Waals surface area contributed by atoms with Gasteiger partial charge in [-0.2, -0.15) is 5.10 Å². The van der Waals surface area contributed by atoms with Gasteiger partial charge in [-0.25, -0.2) is 4.68 Å². The lowest BCUT2D eigenvalue weighted by Gasteiger charge is -2.11. The van der Waals surface area contributed by atoms with E-state index < -0.39 is 4.92 Å². The highest BCUT2D eigenvalue weighted by Gasteiger charge is 2.19. The molecular weight excluding hydrogens is 408 g/mol. The number of amides is 1. The van der Waals surface area contributed by atoms with Crippen LogP contribution in [0.1, 0.15) is 30.0 Å². The Morgan fingerprint density at radius 1 is 1.12 bits per heavy atom. The van der Waals surface area contributed by atoms with Crippen LogP contribution in [0.5, 0.6) is 0 Å². The first-order chi connectivity index (χ1) is 15.4. The molecule has 8 heteroatoms. The lowest BCUT2D eigenvalue weighted by Crippen LogP contribution is -2.27. The fraction of sp³-hybridized carbons (Fsp3) is 0.167. The monoisotopic (exact) mass is 430 g/mol. The van der Waals surface area contributed by atoms with E-state index in [0.717, 1.165) is 11.4 Å². The average Bonchev–Trinajstić information content (AvgIpc) is 3.41. The number of furan rings is 1. The van der Waals surface area contributed by atoms with Gasteiger partial charge < -0.3 is 9.73 Å². The molecule has 32 heavy (non-hydrogen) atoms. The molecule has 2 heterocycles. The molecule has 0 aliphatic heterocycles. The van der Waals surface area contributed by atoms with Crippen LogP contribution >= 0.6 is 0 Å². The van der Waals surface area contributed by atoms with Crippen molar-refractivity contribution in [3.63, 3.8) is 0 Å². The first kappa shape index (κ1) is 21.0. The highest BCUT2D eigenvalue weighted by atomic mass is 16.6. The summed E-state index contributed by atoms with van der Waals surface area (Å²) in [6, 6.07) is 19.1. The molecule has 0 aliphatic rings. The SMILES string of the molecule is Cc1ccc(C(C)NC(=O)Cc2cn(-c3ccccc3)nc2-c2ccc([N+](=O)[O-])cc2)o1. The molecule has 8 nitrogen and oxygen atoms in total. The molecule has 2 aromatic carbocycles. The second-order valence-electron chi connectivity index (χ2n) is 7.50. The van der Waals surface area contributed by atoms with Crippen LogP contribution in [0.25, 0.3) is 16.9 Å². The summed E-state index contributed by atoms with van der Waals surface area (Å²) in [5.74, 6) is 1.29. The molecule has 2 aromatic heterocycles. The minimum absolute atomic E-state index is 0.00176. The Morgan fingerprint density at radius 3 is 2.47 bits per heavy atom. The molecule has 0 aliphatic carbocycles. The Hall–Kier alpha value is -4.20. The number of hydrogen-bond acceptors (Lipinski definition) is 5. The van der Waals surface area contributed by atoms with Gasteiger partial charge in [0.05, 0.1) is 28.8 Å². The molecule has 0 spiro atoms. The van der Waals surface area contributed by atoms with Crippen LogP contribution < -0.4 is 5.32 Å². The molecule has 162 valence electrons. The van der Waals surface area contributed by atoms with Gasteiger partial charge in [0.1, 0.15) is 11.5 Å². The van der Waals surface area contributed by atoms with Crippen molar-refractivity contribution in [2.45, 2.75) is 26.3 Å². The maximum atomic E-state index is 12.8. The summed E-state index contributed by atoms with van der Waals surface area (Å²) >= 11 is 0. The number of para-hydroxylation sites is 1. The lowest BCUT2D eigenvalue weighted by atomic mass is 10.1. The summed E-state index contributed by atoms with van der Waals surface area (Å²) in [5.41, 5.74) is 2.85. The van der Waals surface area contributed by atoms with Gasteiger partial charge in [-0.1, -0.05) is 18.2 Å². The first-order valence-electron chi connectivity index (χ1n) is 10.1. The number of non-ortho nitro benzene ring substituents is 1.